The zero-order valence-corrected chi connectivity index (χ0v) is 12.2. The van der Waals surface area contributed by atoms with Crippen LogP contribution in [0, 0.1) is 17.2 Å². The Morgan fingerprint density at radius 2 is 2.04 bits per heavy atom. The number of hydrogen-bond acceptors (Lipinski definition) is 3. The van der Waals surface area contributed by atoms with Crippen LogP contribution in [0.5, 0.6) is 0 Å². The Hall–Kier alpha value is -2.56. The van der Waals surface area contributed by atoms with Gasteiger partial charge in [0.1, 0.15) is 6.04 Å². The molecule has 0 unspecified atom stereocenters. The van der Waals surface area contributed by atoms with E-state index in [1.54, 1.807) is 0 Å². The van der Waals surface area contributed by atoms with Gasteiger partial charge in [-0.05, 0) is 25.0 Å². The van der Waals surface area contributed by atoms with E-state index in [4.69, 9.17) is 10.4 Å². The Morgan fingerprint density at radius 3 is 2.57 bits per heavy atom. The standard InChI is InChI=1S/C15H15F3N2O3/c1-9(8-19)5-12(14(22)23)20-13(21)7-10-3-2-4-11(6-10)15(16,17)18/h2-4,6,9,12H,5,7H2,1H3,(H,20,21)(H,22,23)/t9-,12+/m0/s1. The van der Waals surface area contributed by atoms with Crippen molar-refractivity contribution in [1.82, 2.24) is 5.32 Å². The van der Waals surface area contributed by atoms with E-state index in [1.165, 1.54) is 19.1 Å². The van der Waals surface area contributed by atoms with Crippen molar-refractivity contribution in [3.05, 3.63) is 35.4 Å². The van der Waals surface area contributed by atoms with Crippen molar-refractivity contribution < 1.29 is 27.9 Å². The van der Waals surface area contributed by atoms with Crippen molar-refractivity contribution in [2.45, 2.75) is 32.0 Å². The molecule has 0 bridgehead atoms. The molecule has 0 aromatic heterocycles. The topological polar surface area (TPSA) is 90.2 Å². The quantitative estimate of drug-likeness (QED) is 0.839. The van der Waals surface area contributed by atoms with Crippen molar-refractivity contribution in [3.8, 4) is 6.07 Å². The second kappa shape index (κ2) is 7.63. The average molecular weight is 328 g/mol. The van der Waals surface area contributed by atoms with Gasteiger partial charge in [0.05, 0.1) is 18.1 Å². The van der Waals surface area contributed by atoms with E-state index in [1.807, 2.05) is 6.07 Å². The summed E-state index contributed by atoms with van der Waals surface area (Å²) in [6.07, 6.45) is -4.98. The average Bonchev–Trinajstić information content (AvgIpc) is 2.45. The molecule has 0 aliphatic rings. The molecule has 124 valence electrons. The Kier molecular flexibility index (Phi) is 6.13. The van der Waals surface area contributed by atoms with Crippen LogP contribution in [-0.2, 0) is 22.2 Å². The van der Waals surface area contributed by atoms with Crippen molar-refractivity contribution >= 4 is 11.9 Å². The summed E-state index contributed by atoms with van der Waals surface area (Å²) in [5.41, 5.74) is -0.759. The highest BCUT2D eigenvalue weighted by Gasteiger charge is 2.30. The Bertz CT molecular complexity index is 623. The molecule has 0 saturated carbocycles. The first-order valence-corrected chi connectivity index (χ1v) is 6.71. The number of halogens is 3. The lowest BCUT2D eigenvalue weighted by molar-refractivity contribution is -0.142. The van der Waals surface area contributed by atoms with Gasteiger partial charge >= 0.3 is 12.1 Å². The molecule has 1 aromatic rings. The lowest BCUT2D eigenvalue weighted by Crippen LogP contribution is -2.42. The second-order valence-electron chi connectivity index (χ2n) is 5.10. The molecule has 23 heavy (non-hydrogen) atoms. The zero-order chi connectivity index (χ0) is 17.6. The summed E-state index contributed by atoms with van der Waals surface area (Å²) in [4.78, 5) is 22.9. The fraction of sp³-hybridized carbons (Fsp3) is 0.400. The van der Waals surface area contributed by atoms with E-state index in [-0.39, 0.29) is 18.4 Å². The Morgan fingerprint density at radius 1 is 1.39 bits per heavy atom. The van der Waals surface area contributed by atoms with Crippen molar-refractivity contribution in [1.29, 1.82) is 5.26 Å². The molecule has 0 aliphatic heterocycles. The minimum atomic E-state index is -4.52. The van der Waals surface area contributed by atoms with Crippen LogP contribution >= 0.6 is 0 Å². The van der Waals surface area contributed by atoms with Gasteiger partial charge in [-0.3, -0.25) is 4.79 Å². The maximum absolute atomic E-state index is 12.6. The number of hydrogen-bond donors (Lipinski definition) is 2. The van der Waals surface area contributed by atoms with Crippen molar-refractivity contribution in [3.63, 3.8) is 0 Å². The molecule has 1 amide bonds. The highest BCUT2D eigenvalue weighted by Crippen LogP contribution is 2.29. The number of rotatable bonds is 6. The van der Waals surface area contributed by atoms with Crippen molar-refractivity contribution in [2.24, 2.45) is 5.92 Å². The summed E-state index contributed by atoms with van der Waals surface area (Å²) in [7, 11) is 0. The molecule has 2 atom stereocenters. The first-order valence-electron chi connectivity index (χ1n) is 6.71. The predicted molar refractivity (Wildman–Crippen MR) is 74.1 cm³/mol. The third kappa shape index (κ3) is 5.98. The molecule has 0 heterocycles. The van der Waals surface area contributed by atoms with Gasteiger partial charge in [0.2, 0.25) is 5.91 Å². The van der Waals surface area contributed by atoms with Crippen LogP contribution in [0.1, 0.15) is 24.5 Å². The molecular weight excluding hydrogens is 313 g/mol. The number of alkyl halides is 3. The van der Waals surface area contributed by atoms with Gasteiger partial charge in [-0.25, -0.2) is 4.79 Å². The first kappa shape index (κ1) is 18.5. The summed E-state index contributed by atoms with van der Waals surface area (Å²) in [5, 5.41) is 19.9. The predicted octanol–water partition coefficient (Wildman–Crippen LogP) is 2.37. The molecule has 0 saturated heterocycles. The van der Waals surface area contributed by atoms with E-state index in [0.29, 0.717) is 0 Å². The number of carbonyl (C=O) groups is 2. The van der Waals surface area contributed by atoms with Crippen molar-refractivity contribution in [2.75, 3.05) is 0 Å². The number of nitrogens with one attached hydrogen (secondary N) is 1. The molecule has 0 radical (unpaired) electrons. The van der Waals surface area contributed by atoms with E-state index < -0.39 is 35.6 Å². The van der Waals surface area contributed by atoms with Crippen LogP contribution in [0.4, 0.5) is 13.2 Å². The fourth-order valence-electron chi connectivity index (χ4n) is 1.92. The lowest BCUT2D eigenvalue weighted by atomic mass is 10.0. The Labute approximate surface area is 130 Å². The molecule has 0 fully saturated rings. The van der Waals surface area contributed by atoms with Crippen LogP contribution in [0.25, 0.3) is 0 Å². The second-order valence-corrected chi connectivity index (χ2v) is 5.10. The normalized spacial score (nSPS) is 13.7. The van der Waals surface area contributed by atoms with Crippen LogP contribution in [-0.4, -0.2) is 23.0 Å². The molecule has 5 nitrogen and oxygen atoms in total. The third-order valence-corrected chi connectivity index (χ3v) is 3.06. The molecule has 8 heteroatoms. The van der Waals surface area contributed by atoms with Crippen LogP contribution in [0.3, 0.4) is 0 Å². The van der Waals surface area contributed by atoms with E-state index in [0.717, 1.165) is 12.1 Å². The van der Waals surface area contributed by atoms with Gasteiger partial charge in [-0.2, -0.15) is 18.4 Å². The summed E-state index contributed by atoms with van der Waals surface area (Å²) in [5.74, 6) is -2.60. The highest BCUT2D eigenvalue weighted by atomic mass is 19.4. The van der Waals surface area contributed by atoms with Gasteiger partial charge in [-0.1, -0.05) is 18.2 Å². The number of carboxylic acid groups (broad SMARTS) is 1. The fourth-order valence-corrected chi connectivity index (χ4v) is 1.92. The number of benzene rings is 1. The number of nitriles is 1. The summed E-state index contributed by atoms with van der Waals surface area (Å²) >= 11 is 0. The summed E-state index contributed by atoms with van der Waals surface area (Å²) in [6, 6.07) is 4.85. The molecule has 1 rings (SSSR count). The molecular formula is C15H15F3N2O3. The molecule has 2 N–H and O–H groups in total. The SMILES string of the molecule is C[C@H](C#N)C[C@@H](NC(=O)Cc1cccc(C(F)(F)F)c1)C(=O)O. The van der Waals surface area contributed by atoms with Gasteiger partial charge < -0.3 is 10.4 Å². The number of carboxylic acids is 1. The maximum Gasteiger partial charge on any atom is 0.416 e. The van der Waals surface area contributed by atoms with Crippen LogP contribution < -0.4 is 5.32 Å². The summed E-state index contributed by atoms with van der Waals surface area (Å²) in [6.45, 7) is 1.51. The first-order chi connectivity index (χ1) is 10.6. The minimum Gasteiger partial charge on any atom is -0.480 e. The number of nitrogens with zero attached hydrogens (tertiary/aromatic N) is 1. The van der Waals surface area contributed by atoms with Crippen LogP contribution in [0.15, 0.2) is 24.3 Å². The van der Waals surface area contributed by atoms with Gasteiger partial charge in [0, 0.05) is 5.92 Å². The zero-order valence-electron chi connectivity index (χ0n) is 12.2. The van der Waals surface area contributed by atoms with Gasteiger partial charge in [-0.15, -0.1) is 0 Å². The lowest BCUT2D eigenvalue weighted by Gasteiger charge is -2.15. The highest BCUT2D eigenvalue weighted by molar-refractivity contribution is 5.84. The number of amides is 1. The van der Waals surface area contributed by atoms with E-state index in [9.17, 15) is 22.8 Å². The van der Waals surface area contributed by atoms with Gasteiger partial charge in [0.15, 0.2) is 0 Å². The molecule has 1 aromatic carbocycles. The molecule has 0 aliphatic carbocycles. The monoisotopic (exact) mass is 328 g/mol. The number of carbonyl (C=O) groups excluding carboxylic acids is 1. The summed E-state index contributed by atoms with van der Waals surface area (Å²) < 4.78 is 37.8. The maximum atomic E-state index is 12.6. The smallest absolute Gasteiger partial charge is 0.416 e. The van der Waals surface area contributed by atoms with E-state index in [2.05, 4.69) is 5.32 Å². The molecule has 0 spiro atoms. The third-order valence-electron chi connectivity index (χ3n) is 3.06. The Balaban J connectivity index is 2.76. The minimum absolute atomic E-state index is 0.0832. The van der Waals surface area contributed by atoms with Gasteiger partial charge in [0.25, 0.3) is 0 Å². The van der Waals surface area contributed by atoms with Crippen LogP contribution in [0.2, 0.25) is 0 Å². The van der Waals surface area contributed by atoms with E-state index >= 15 is 0 Å². The number of aliphatic carboxylic acids is 1. The largest absolute Gasteiger partial charge is 0.480 e.